The van der Waals surface area contributed by atoms with Gasteiger partial charge >= 0.3 is 0 Å². The van der Waals surface area contributed by atoms with Gasteiger partial charge in [0.2, 0.25) is 0 Å². The molecule has 4 rings (SSSR count). The summed E-state index contributed by atoms with van der Waals surface area (Å²) in [5, 5.41) is 5.24. The van der Waals surface area contributed by atoms with Crippen molar-refractivity contribution in [2.75, 3.05) is 11.4 Å². The Balaban J connectivity index is 2.03. The summed E-state index contributed by atoms with van der Waals surface area (Å²) in [5.74, 6) is 0. The van der Waals surface area contributed by atoms with E-state index in [-0.39, 0.29) is 0 Å². The van der Waals surface area contributed by atoms with Gasteiger partial charge in [0, 0.05) is 23.0 Å². The molecule has 0 N–H and O–H groups in total. The van der Waals surface area contributed by atoms with Gasteiger partial charge in [-0.25, -0.2) is 0 Å². The van der Waals surface area contributed by atoms with Gasteiger partial charge in [-0.05, 0) is 35.4 Å². The molecule has 0 unspecified atom stereocenters. The molecule has 0 atom stereocenters. The second-order valence-electron chi connectivity index (χ2n) is 6.51. The minimum Gasteiger partial charge on any atom is -0.340 e. The number of nitrogens with zero attached hydrogens (tertiary/aromatic N) is 1. The Morgan fingerprint density at radius 1 is 0.680 bits per heavy atom. The SMILES string of the molecule is CCCCN(c1ccccc1)c1c2ccccc2cc2ccccc12. The summed E-state index contributed by atoms with van der Waals surface area (Å²) in [5.41, 5.74) is 2.59. The lowest BCUT2D eigenvalue weighted by Crippen LogP contribution is -2.19. The first-order valence-corrected chi connectivity index (χ1v) is 9.11. The van der Waals surface area contributed by atoms with E-state index in [1.807, 2.05) is 0 Å². The van der Waals surface area contributed by atoms with Crippen LogP contribution in [0.15, 0.2) is 84.9 Å². The van der Waals surface area contributed by atoms with Crippen molar-refractivity contribution in [3.8, 4) is 0 Å². The highest BCUT2D eigenvalue weighted by Crippen LogP contribution is 2.39. The van der Waals surface area contributed by atoms with Gasteiger partial charge in [0.25, 0.3) is 0 Å². The van der Waals surface area contributed by atoms with Gasteiger partial charge in [0.15, 0.2) is 0 Å². The maximum atomic E-state index is 2.49. The fourth-order valence-corrected chi connectivity index (χ4v) is 3.57. The molecule has 0 spiro atoms. The van der Waals surface area contributed by atoms with Crippen molar-refractivity contribution in [3.63, 3.8) is 0 Å². The second-order valence-corrected chi connectivity index (χ2v) is 6.51. The number of para-hydroxylation sites is 1. The van der Waals surface area contributed by atoms with Gasteiger partial charge in [-0.3, -0.25) is 0 Å². The first kappa shape index (κ1) is 15.7. The third kappa shape index (κ3) is 2.98. The van der Waals surface area contributed by atoms with Crippen LogP contribution in [0.4, 0.5) is 11.4 Å². The van der Waals surface area contributed by atoms with E-state index in [0.29, 0.717) is 0 Å². The van der Waals surface area contributed by atoms with E-state index in [9.17, 15) is 0 Å². The van der Waals surface area contributed by atoms with E-state index in [1.54, 1.807) is 0 Å². The molecule has 0 aromatic heterocycles. The lowest BCUT2D eigenvalue weighted by Gasteiger charge is -2.28. The van der Waals surface area contributed by atoms with E-state index in [4.69, 9.17) is 0 Å². The van der Waals surface area contributed by atoms with Gasteiger partial charge in [0.05, 0.1) is 5.69 Å². The molecule has 0 aliphatic rings. The molecule has 0 saturated carbocycles. The Kier molecular flexibility index (Phi) is 4.39. The molecule has 0 amide bonds. The predicted octanol–water partition coefficient (Wildman–Crippen LogP) is 6.93. The average Bonchev–Trinajstić information content (AvgIpc) is 2.68. The summed E-state index contributed by atoms with van der Waals surface area (Å²) in [6.45, 7) is 3.28. The Labute approximate surface area is 149 Å². The molecule has 0 saturated heterocycles. The molecule has 1 heteroatoms. The number of fused-ring (bicyclic) bond motifs is 2. The van der Waals surface area contributed by atoms with E-state index < -0.39 is 0 Å². The first-order valence-electron chi connectivity index (χ1n) is 9.11. The van der Waals surface area contributed by atoms with Gasteiger partial charge in [0.1, 0.15) is 0 Å². The van der Waals surface area contributed by atoms with Crippen molar-refractivity contribution < 1.29 is 0 Å². The summed E-state index contributed by atoms with van der Waals surface area (Å²) in [7, 11) is 0. The monoisotopic (exact) mass is 325 g/mol. The van der Waals surface area contributed by atoms with Crippen LogP contribution < -0.4 is 4.90 Å². The molecular weight excluding hydrogens is 302 g/mol. The van der Waals surface area contributed by atoms with Crippen LogP contribution in [0.5, 0.6) is 0 Å². The molecule has 0 radical (unpaired) electrons. The smallest absolute Gasteiger partial charge is 0.0570 e. The van der Waals surface area contributed by atoms with Crippen LogP contribution in [0.1, 0.15) is 19.8 Å². The van der Waals surface area contributed by atoms with E-state index >= 15 is 0 Å². The van der Waals surface area contributed by atoms with Crippen molar-refractivity contribution >= 4 is 32.9 Å². The Morgan fingerprint density at radius 2 is 1.24 bits per heavy atom. The average molecular weight is 325 g/mol. The molecule has 4 aromatic rings. The molecule has 0 aliphatic carbocycles. The van der Waals surface area contributed by atoms with E-state index in [0.717, 1.165) is 6.54 Å². The summed E-state index contributed by atoms with van der Waals surface area (Å²) >= 11 is 0. The number of benzene rings is 4. The fourth-order valence-electron chi connectivity index (χ4n) is 3.57. The Bertz CT molecular complexity index is 934. The van der Waals surface area contributed by atoms with Crippen LogP contribution in [-0.2, 0) is 0 Å². The number of hydrogen-bond acceptors (Lipinski definition) is 1. The van der Waals surface area contributed by atoms with Crippen LogP contribution in [0.25, 0.3) is 21.5 Å². The molecular formula is C24H23N. The zero-order chi connectivity index (χ0) is 17.1. The van der Waals surface area contributed by atoms with Crippen LogP contribution in [0.2, 0.25) is 0 Å². The summed E-state index contributed by atoms with van der Waals surface area (Å²) in [6.07, 6.45) is 2.36. The predicted molar refractivity (Wildman–Crippen MR) is 110 cm³/mol. The molecule has 4 aromatic carbocycles. The molecule has 0 bridgehead atoms. The summed E-state index contributed by atoms with van der Waals surface area (Å²) in [6, 6.07) is 30.5. The Hall–Kier alpha value is -2.80. The molecule has 0 heterocycles. The van der Waals surface area contributed by atoms with Gasteiger partial charge < -0.3 is 4.90 Å². The second kappa shape index (κ2) is 6.98. The first-order chi connectivity index (χ1) is 12.4. The molecule has 0 aliphatic heterocycles. The standard InChI is InChI=1S/C24H23N/c1-2-3-17-25(21-13-5-4-6-14-21)24-22-15-9-7-11-19(22)18-20-12-8-10-16-23(20)24/h4-16,18H,2-3,17H2,1H3. The number of anilines is 2. The van der Waals surface area contributed by atoms with Gasteiger partial charge in [-0.15, -0.1) is 0 Å². The van der Waals surface area contributed by atoms with Gasteiger partial charge in [-0.2, -0.15) is 0 Å². The minimum absolute atomic E-state index is 1.03. The van der Waals surface area contributed by atoms with Crippen molar-refractivity contribution in [3.05, 3.63) is 84.9 Å². The maximum absolute atomic E-state index is 2.49. The van der Waals surface area contributed by atoms with Crippen LogP contribution >= 0.6 is 0 Å². The summed E-state index contributed by atoms with van der Waals surface area (Å²) in [4.78, 5) is 2.49. The quantitative estimate of drug-likeness (QED) is 0.359. The normalized spacial score (nSPS) is 11.1. The highest BCUT2D eigenvalue weighted by molar-refractivity contribution is 6.12. The third-order valence-corrected chi connectivity index (χ3v) is 4.82. The molecule has 25 heavy (non-hydrogen) atoms. The lowest BCUT2D eigenvalue weighted by molar-refractivity contribution is 0.788. The zero-order valence-corrected chi connectivity index (χ0v) is 14.7. The van der Waals surface area contributed by atoms with Gasteiger partial charge in [-0.1, -0.05) is 80.1 Å². The molecule has 0 fully saturated rings. The van der Waals surface area contributed by atoms with E-state index in [2.05, 4.69) is 96.8 Å². The van der Waals surface area contributed by atoms with Crippen LogP contribution in [-0.4, -0.2) is 6.54 Å². The third-order valence-electron chi connectivity index (χ3n) is 4.82. The molecule has 124 valence electrons. The van der Waals surface area contributed by atoms with Crippen molar-refractivity contribution in [2.45, 2.75) is 19.8 Å². The molecule has 1 nitrogen and oxygen atoms in total. The van der Waals surface area contributed by atoms with Crippen LogP contribution in [0, 0.1) is 0 Å². The van der Waals surface area contributed by atoms with Crippen molar-refractivity contribution in [1.29, 1.82) is 0 Å². The largest absolute Gasteiger partial charge is 0.340 e. The summed E-state index contributed by atoms with van der Waals surface area (Å²) < 4.78 is 0. The number of unbranched alkanes of at least 4 members (excludes halogenated alkanes) is 1. The zero-order valence-electron chi connectivity index (χ0n) is 14.7. The minimum atomic E-state index is 1.03. The van der Waals surface area contributed by atoms with E-state index in [1.165, 1.54) is 45.8 Å². The van der Waals surface area contributed by atoms with Crippen molar-refractivity contribution in [2.24, 2.45) is 0 Å². The highest BCUT2D eigenvalue weighted by Gasteiger charge is 2.15. The Morgan fingerprint density at radius 3 is 1.84 bits per heavy atom. The van der Waals surface area contributed by atoms with Crippen LogP contribution in [0.3, 0.4) is 0 Å². The topological polar surface area (TPSA) is 3.24 Å². The van der Waals surface area contributed by atoms with Crippen molar-refractivity contribution in [1.82, 2.24) is 0 Å². The lowest BCUT2D eigenvalue weighted by atomic mass is 9.99. The maximum Gasteiger partial charge on any atom is 0.0570 e. The highest BCUT2D eigenvalue weighted by atomic mass is 15.1. The number of hydrogen-bond donors (Lipinski definition) is 0. The number of rotatable bonds is 5. The fraction of sp³-hybridized carbons (Fsp3) is 0.167.